The molecule has 3 nitrogen and oxygen atoms in total. The summed E-state index contributed by atoms with van der Waals surface area (Å²) in [6.07, 6.45) is 7.16. The summed E-state index contributed by atoms with van der Waals surface area (Å²) in [5.41, 5.74) is 0. The van der Waals surface area contributed by atoms with Gasteiger partial charge in [-0.2, -0.15) is 0 Å². The Morgan fingerprint density at radius 3 is 2.19 bits per heavy atom. The van der Waals surface area contributed by atoms with E-state index in [1.807, 2.05) is 0 Å². The van der Waals surface area contributed by atoms with Crippen LogP contribution in [0.4, 0.5) is 0 Å². The molecule has 0 amide bonds. The summed E-state index contributed by atoms with van der Waals surface area (Å²) in [6.45, 7) is 10.9. The monoisotopic (exact) mass is 293 g/mol. The molecule has 1 aliphatic heterocycles. The largest absolute Gasteiger partial charge is 0.312 e. The van der Waals surface area contributed by atoms with E-state index in [1.165, 1.54) is 51.7 Å². The molecule has 3 heteroatoms. The molecular formula is C18H35N3. The fraction of sp³-hybridized carbons (Fsp3) is 1.00. The van der Waals surface area contributed by atoms with Gasteiger partial charge in [0, 0.05) is 43.8 Å². The molecule has 0 spiro atoms. The van der Waals surface area contributed by atoms with Gasteiger partial charge in [0.05, 0.1) is 0 Å². The smallest absolute Gasteiger partial charge is 0.0192 e. The Kier molecular flexibility index (Phi) is 4.92. The molecule has 3 fully saturated rings. The maximum absolute atomic E-state index is 3.98. The van der Waals surface area contributed by atoms with E-state index in [-0.39, 0.29) is 0 Å². The number of nitrogens with one attached hydrogen (secondary N) is 1. The first-order valence-electron chi connectivity index (χ1n) is 9.25. The first-order valence-corrected chi connectivity index (χ1v) is 9.25. The van der Waals surface area contributed by atoms with E-state index in [4.69, 9.17) is 0 Å². The molecule has 3 atom stereocenters. The van der Waals surface area contributed by atoms with Crippen molar-refractivity contribution in [2.45, 2.75) is 77.0 Å². The van der Waals surface area contributed by atoms with Gasteiger partial charge in [-0.25, -0.2) is 0 Å². The van der Waals surface area contributed by atoms with Crippen molar-refractivity contribution in [2.75, 3.05) is 26.7 Å². The molecule has 21 heavy (non-hydrogen) atoms. The quantitative estimate of drug-likeness (QED) is 0.812. The second kappa shape index (κ2) is 6.55. The Balaban J connectivity index is 1.53. The molecule has 0 radical (unpaired) electrons. The molecule has 3 rings (SSSR count). The van der Waals surface area contributed by atoms with Crippen molar-refractivity contribution < 1.29 is 0 Å². The van der Waals surface area contributed by atoms with Crippen molar-refractivity contribution in [3.63, 3.8) is 0 Å². The van der Waals surface area contributed by atoms with Crippen LogP contribution in [0.1, 0.15) is 52.9 Å². The Hall–Kier alpha value is -0.120. The highest BCUT2D eigenvalue weighted by atomic mass is 15.2. The summed E-state index contributed by atoms with van der Waals surface area (Å²) in [6, 6.07) is 3.06. The third-order valence-corrected chi connectivity index (χ3v) is 6.30. The molecule has 0 aromatic heterocycles. The molecule has 122 valence electrons. The summed E-state index contributed by atoms with van der Waals surface area (Å²) in [7, 11) is 2.31. The van der Waals surface area contributed by atoms with Crippen molar-refractivity contribution in [2.24, 2.45) is 11.8 Å². The number of hydrogen-bond donors (Lipinski definition) is 1. The molecule has 0 aromatic carbocycles. The lowest BCUT2D eigenvalue weighted by atomic mass is 9.73. The maximum atomic E-state index is 3.98. The van der Waals surface area contributed by atoms with Crippen LogP contribution >= 0.6 is 0 Å². The van der Waals surface area contributed by atoms with E-state index < -0.39 is 0 Å². The number of likely N-dealkylation sites (N-methyl/N-ethyl adjacent to an activating group) is 1. The first-order chi connectivity index (χ1) is 10.1. The Morgan fingerprint density at radius 1 is 1.05 bits per heavy atom. The fourth-order valence-corrected chi connectivity index (χ4v) is 4.52. The van der Waals surface area contributed by atoms with E-state index in [0.717, 1.165) is 23.9 Å². The van der Waals surface area contributed by atoms with Crippen LogP contribution in [0, 0.1) is 11.8 Å². The number of likely N-dealkylation sites (tertiary alicyclic amines) is 1. The standard InChI is InChI=1S/C18H35N3/c1-13(2)21-11-15-6-5-7-16(12-21)18(15)19-10-14(3)20(4)17-8-9-17/h13-19H,5-12H2,1-4H3. The second-order valence-corrected chi connectivity index (χ2v) is 8.18. The number of piperidine rings is 1. The van der Waals surface area contributed by atoms with E-state index in [9.17, 15) is 0 Å². The highest BCUT2D eigenvalue weighted by Crippen LogP contribution is 2.35. The van der Waals surface area contributed by atoms with E-state index >= 15 is 0 Å². The Morgan fingerprint density at radius 2 is 1.67 bits per heavy atom. The minimum Gasteiger partial charge on any atom is -0.312 e. The highest BCUT2D eigenvalue weighted by molar-refractivity contribution is 4.96. The zero-order chi connectivity index (χ0) is 15.0. The summed E-state index contributed by atoms with van der Waals surface area (Å²) in [5, 5.41) is 3.98. The van der Waals surface area contributed by atoms with Gasteiger partial charge in [-0.15, -0.1) is 0 Å². The number of hydrogen-bond acceptors (Lipinski definition) is 3. The van der Waals surface area contributed by atoms with Gasteiger partial charge in [-0.1, -0.05) is 6.42 Å². The van der Waals surface area contributed by atoms with Gasteiger partial charge in [0.1, 0.15) is 0 Å². The van der Waals surface area contributed by atoms with Gasteiger partial charge in [0.25, 0.3) is 0 Å². The maximum Gasteiger partial charge on any atom is 0.0192 e. The second-order valence-electron chi connectivity index (χ2n) is 8.18. The lowest BCUT2D eigenvalue weighted by molar-refractivity contribution is 0.0271. The highest BCUT2D eigenvalue weighted by Gasteiger charge is 2.40. The van der Waals surface area contributed by atoms with Gasteiger partial charge >= 0.3 is 0 Å². The van der Waals surface area contributed by atoms with Crippen LogP contribution in [0.5, 0.6) is 0 Å². The zero-order valence-electron chi connectivity index (χ0n) is 14.5. The molecule has 2 aliphatic carbocycles. The lowest BCUT2D eigenvalue weighted by Gasteiger charge is -2.49. The SMILES string of the molecule is CC(C)N1CC2CCCC(C1)C2NCC(C)N(C)C1CC1. The van der Waals surface area contributed by atoms with Crippen molar-refractivity contribution in [3.05, 3.63) is 0 Å². The van der Waals surface area contributed by atoms with Crippen molar-refractivity contribution in [3.8, 4) is 0 Å². The predicted molar refractivity (Wildman–Crippen MR) is 89.6 cm³/mol. The van der Waals surface area contributed by atoms with Gasteiger partial charge < -0.3 is 10.2 Å². The third-order valence-electron chi connectivity index (χ3n) is 6.30. The molecule has 2 saturated carbocycles. The minimum atomic E-state index is 0.682. The molecule has 2 bridgehead atoms. The summed E-state index contributed by atoms with van der Waals surface area (Å²) in [4.78, 5) is 5.30. The van der Waals surface area contributed by atoms with E-state index in [0.29, 0.717) is 12.1 Å². The number of rotatable bonds is 6. The fourth-order valence-electron chi connectivity index (χ4n) is 4.52. The molecule has 1 saturated heterocycles. The van der Waals surface area contributed by atoms with Crippen LogP contribution in [-0.2, 0) is 0 Å². The average Bonchev–Trinajstić information content (AvgIpc) is 3.27. The zero-order valence-corrected chi connectivity index (χ0v) is 14.5. The van der Waals surface area contributed by atoms with Crippen molar-refractivity contribution in [1.82, 2.24) is 15.1 Å². The van der Waals surface area contributed by atoms with Crippen LogP contribution < -0.4 is 5.32 Å². The Labute approximate surface area is 131 Å². The molecule has 3 aliphatic rings. The topological polar surface area (TPSA) is 18.5 Å². The number of fused-ring (bicyclic) bond motifs is 2. The van der Waals surface area contributed by atoms with Gasteiger partial charge in [-0.3, -0.25) is 4.90 Å². The summed E-state index contributed by atoms with van der Waals surface area (Å²) >= 11 is 0. The van der Waals surface area contributed by atoms with Crippen LogP contribution in [0.2, 0.25) is 0 Å². The van der Waals surface area contributed by atoms with Crippen LogP contribution in [0.3, 0.4) is 0 Å². The summed E-state index contributed by atoms with van der Waals surface area (Å²) < 4.78 is 0. The molecule has 1 N–H and O–H groups in total. The minimum absolute atomic E-state index is 0.682. The number of nitrogens with zero attached hydrogens (tertiary/aromatic N) is 2. The van der Waals surface area contributed by atoms with Crippen molar-refractivity contribution in [1.29, 1.82) is 0 Å². The van der Waals surface area contributed by atoms with Crippen molar-refractivity contribution >= 4 is 0 Å². The summed E-state index contributed by atoms with van der Waals surface area (Å²) in [5.74, 6) is 1.77. The normalized spacial score (nSPS) is 35.4. The van der Waals surface area contributed by atoms with Crippen LogP contribution in [-0.4, -0.2) is 60.6 Å². The van der Waals surface area contributed by atoms with Crippen LogP contribution in [0.15, 0.2) is 0 Å². The van der Waals surface area contributed by atoms with E-state index in [1.54, 1.807) is 0 Å². The lowest BCUT2D eigenvalue weighted by Crippen LogP contribution is -2.59. The average molecular weight is 293 g/mol. The molecular weight excluding hydrogens is 258 g/mol. The Bertz CT molecular complexity index is 325. The molecule has 1 heterocycles. The van der Waals surface area contributed by atoms with Crippen LogP contribution in [0.25, 0.3) is 0 Å². The molecule has 3 unspecified atom stereocenters. The first kappa shape index (κ1) is 15.8. The predicted octanol–water partition coefficient (Wildman–Crippen LogP) is 2.57. The van der Waals surface area contributed by atoms with Gasteiger partial charge in [0.2, 0.25) is 0 Å². The van der Waals surface area contributed by atoms with Gasteiger partial charge in [0.15, 0.2) is 0 Å². The third kappa shape index (κ3) is 3.62. The van der Waals surface area contributed by atoms with Gasteiger partial charge in [-0.05, 0) is 65.3 Å². The molecule has 0 aromatic rings. The van der Waals surface area contributed by atoms with E-state index in [2.05, 4.69) is 42.9 Å².